The van der Waals surface area contributed by atoms with Crippen LogP contribution >= 0.6 is 12.2 Å². The van der Waals surface area contributed by atoms with E-state index in [9.17, 15) is 0 Å². The Morgan fingerprint density at radius 2 is 2.20 bits per heavy atom. The molecule has 1 heterocycles. The van der Waals surface area contributed by atoms with Crippen molar-refractivity contribution in [3.63, 3.8) is 0 Å². The maximum atomic E-state index is 5.55. The van der Waals surface area contributed by atoms with Crippen molar-refractivity contribution in [1.82, 2.24) is 5.43 Å². The molecule has 0 unspecified atom stereocenters. The summed E-state index contributed by atoms with van der Waals surface area (Å²) in [5.74, 6) is 1.47. The molecule has 0 aliphatic carbocycles. The van der Waals surface area contributed by atoms with Crippen molar-refractivity contribution < 1.29 is 4.74 Å². The van der Waals surface area contributed by atoms with Gasteiger partial charge in [-0.05, 0) is 30.3 Å². The second-order valence-corrected chi connectivity index (χ2v) is 3.63. The highest BCUT2D eigenvalue weighted by molar-refractivity contribution is 7.80. The Morgan fingerprint density at radius 1 is 1.40 bits per heavy atom. The lowest BCUT2D eigenvalue weighted by Crippen LogP contribution is -2.28. The highest BCUT2D eigenvalue weighted by atomic mass is 32.1. The smallest absolute Gasteiger partial charge is 0.212 e. The zero-order chi connectivity index (χ0) is 10.7. The molecule has 1 aliphatic rings. The minimum Gasteiger partial charge on any atom is -0.441 e. The number of benzene rings is 1. The van der Waals surface area contributed by atoms with Crippen LogP contribution in [0.1, 0.15) is 12.0 Å². The third kappa shape index (κ3) is 2.44. The number of rotatable bonds is 1. The van der Waals surface area contributed by atoms with E-state index in [0.29, 0.717) is 5.90 Å². The van der Waals surface area contributed by atoms with E-state index in [-0.39, 0.29) is 5.11 Å². The average molecular weight is 221 g/mol. The molecule has 4 nitrogen and oxygen atoms in total. The molecule has 0 atom stereocenters. The van der Waals surface area contributed by atoms with Crippen LogP contribution in [0.5, 0.6) is 5.75 Å². The zero-order valence-corrected chi connectivity index (χ0v) is 8.88. The van der Waals surface area contributed by atoms with Gasteiger partial charge in [-0.25, -0.2) is 0 Å². The summed E-state index contributed by atoms with van der Waals surface area (Å²) in [6, 6.07) is 7.90. The summed E-state index contributed by atoms with van der Waals surface area (Å²) >= 11 is 4.65. The molecule has 78 valence electrons. The van der Waals surface area contributed by atoms with E-state index in [1.165, 1.54) is 5.56 Å². The molecule has 0 bridgehead atoms. The molecule has 1 aromatic rings. The van der Waals surface area contributed by atoms with Gasteiger partial charge in [-0.15, -0.1) is 5.10 Å². The maximum Gasteiger partial charge on any atom is 0.212 e. The number of nitrogens with zero attached hydrogens (tertiary/aromatic N) is 1. The van der Waals surface area contributed by atoms with Gasteiger partial charge in [0.1, 0.15) is 5.75 Å². The minimum atomic E-state index is 0.143. The van der Waals surface area contributed by atoms with Gasteiger partial charge in [-0.1, -0.05) is 18.2 Å². The standard InChI is InChI=1S/C10H11N3OS/c11-10(15)13-12-9-6-5-7-3-1-2-4-8(7)14-9/h1-4H,5-6H2,(H3,11,13,15)/b12-9-. The quantitative estimate of drug-likeness (QED) is 0.552. The molecule has 0 amide bonds. The number of aryl methyl sites for hydroxylation is 1. The van der Waals surface area contributed by atoms with Gasteiger partial charge in [0.15, 0.2) is 5.11 Å². The van der Waals surface area contributed by atoms with E-state index in [0.717, 1.165) is 18.6 Å². The Morgan fingerprint density at radius 3 is 3.00 bits per heavy atom. The number of ether oxygens (including phenoxy) is 1. The first kappa shape index (κ1) is 9.92. The molecule has 3 N–H and O–H groups in total. The van der Waals surface area contributed by atoms with E-state index >= 15 is 0 Å². The molecule has 5 heteroatoms. The van der Waals surface area contributed by atoms with Gasteiger partial charge >= 0.3 is 0 Å². The van der Waals surface area contributed by atoms with Crippen LogP contribution in [0.4, 0.5) is 0 Å². The van der Waals surface area contributed by atoms with Gasteiger partial charge in [0.25, 0.3) is 0 Å². The van der Waals surface area contributed by atoms with Crippen LogP contribution in [0.25, 0.3) is 0 Å². The number of nitrogens with one attached hydrogen (secondary N) is 1. The van der Waals surface area contributed by atoms with Crippen molar-refractivity contribution in [2.24, 2.45) is 10.8 Å². The minimum absolute atomic E-state index is 0.143. The molecule has 0 spiro atoms. The van der Waals surface area contributed by atoms with Crippen LogP contribution in [0.2, 0.25) is 0 Å². The van der Waals surface area contributed by atoms with Crippen molar-refractivity contribution in [2.75, 3.05) is 0 Å². The fourth-order valence-electron chi connectivity index (χ4n) is 1.43. The van der Waals surface area contributed by atoms with Crippen molar-refractivity contribution >= 4 is 23.2 Å². The molecule has 0 fully saturated rings. The highest BCUT2D eigenvalue weighted by Gasteiger charge is 2.14. The Hall–Kier alpha value is -1.62. The third-order valence-electron chi connectivity index (χ3n) is 2.10. The Bertz CT molecular complexity index is 417. The second kappa shape index (κ2) is 4.27. The predicted octanol–water partition coefficient (Wildman–Crippen LogP) is 1.16. The summed E-state index contributed by atoms with van der Waals surface area (Å²) in [7, 11) is 0. The number of hydrazone groups is 1. The van der Waals surface area contributed by atoms with Gasteiger partial charge in [0.05, 0.1) is 0 Å². The van der Waals surface area contributed by atoms with Gasteiger partial charge < -0.3 is 10.5 Å². The Kier molecular flexibility index (Phi) is 2.82. The van der Waals surface area contributed by atoms with Crippen LogP contribution in [0, 0.1) is 0 Å². The van der Waals surface area contributed by atoms with E-state index in [2.05, 4.69) is 22.7 Å². The largest absolute Gasteiger partial charge is 0.441 e. The number of para-hydroxylation sites is 1. The Balaban J connectivity index is 2.12. The van der Waals surface area contributed by atoms with Gasteiger partial charge in [0, 0.05) is 6.42 Å². The Labute approximate surface area is 93.1 Å². The van der Waals surface area contributed by atoms with Crippen LogP contribution in [-0.2, 0) is 6.42 Å². The van der Waals surface area contributed by atoms with Gasteiger partial charge in [0.2, 0.25) is 5.90 Å². The number of nitrogens with two attached hydrogens (primary N) is 1. The summed E-state index contributed by atoms with van der Waals surface area (Å²) in [6.45, 7) is 0. The monoisotopic (exact) mass is 221 g/mol. The van der Waals surface area contributed by atoms with E-state index < -0.39 is 0 Å². The molecule has 15 heavy (non-hydrogen) atoms. The van der Waals surface area contributed by atoms with Crippen molar-refractivity contribution in [3.05, 3.63) is 29.8 Å². The first-order valence-electron chi connectivity index (χ1n) is 4.63. The van der Waals surface area contributed by atoms with Crippen LogP contribution in [0.15, 0.2) is 29.4 Å². The molecule has 0 radical (unpaired) electrons. The summed E-state index contributed by atoms with van der Waals surface area (Å²) < 4.78 is 5.55. The molecule has 1 aromatic carbocycles. The lowest BCUT2D eigenvalue weighted by atomic mass is 10.1. The average Bonchev–Trinajstić information content (AvgIpc) is 2.26. The first-order valence-corrected chi connectivity index (χ1v) is 5.04. The molecule has 0 saturated heterocycles. The topological polar surface area (TPSA) is 59.6 Å². The van der Waals surface area contributed by atoms with E-state index in [4.69, 9.17) is 10.5 Å². The second-order valence-electron chi connectivity index (χ2n) is 3.19. The summed E-state index contributed by atoms with van der Waals surface area (Å²) in [5.41, 5.74) is 8.98. The third-order valence-corrected chi connectivity index (χ3v) is 2.19. The number of thiocarbonyl (C=S) groups is 1. The molecule has 2 rings (SSSR count). The van der Waals surface area contributed by atoms with E-state index in [1.54, 1.807) is 0 Å². The van der Waals surface area contributed by atoms with Gasteiger partial charge in [-0.2, -0.15) is 0 Å². The van der Waals surface area contributed by atoms with Crippen molar-refractivity contribution in [1.29, 1.82) is 0 Å². The van der Waals surface area contributed by atoms with Crippen LogP contribution in [-0.4, -0.2) is 11.0 Å². The normalized spacial score (nSPS) is 16.7. The number of hydrogen-bond acceptors (Lipinski definition) is 3. The number of hydrogen-bond donors (Lipinski definition) is 2. The SMILES string of the molecule is NC(=S)N/N=C1/CCc2ccccc2O1. The van der Waals surface area contributed by atoms with E-state index in [1.807, 2.05) is 24.3 Å². The summed E-state index contributed by atoms with van der Waals surface area (Å²) in [5, 5.41) is 4.10. The van der Waals surface area contributed by atoms with Crippen LogP contribution < -0.4 is 15.9 Å². The number of fused-ring (bicyclic) bond motifs is 1. The van der Waals surface area contributed by atoms with Crippen molar-refractivity contribution in [3.8, 4) is 5.75 Å². The molecule has 0 saturated carbocycles. The van der Waals surface area contributed by atoms with Crippen LogP contribution in [0.3, 0.4) is 0 Å². The molecular formula is C10H11N3OS. The summed E-state index contributed by atoms with van der Waals surface area (Å²) in [4.78, 5) is 0. The highest BCUT2D eigenvalue weighted by Crippen LogP contribution is 2.24. The molecular weight excluding hydrogens is 210 g/mol. The maximum absolute atomic E-state index is 5.55. The first-order chi connectivity index (χ1) is 7.25. The fourth-order valence-corrected chi connectivity index (χ4v) is 1.47. The van der Waals surface area contributed by atoms with Gasteiger partial charge in [-0.3, -0.25) is 5.43 Å². The molecule has 1 aliphatic heterocycles. The fraction of sp³-hybridized carbons (Fsp3) is 0.200. The predicted molar refractivity (Wildman–Crippen MR) is 62.7 cm³/mol. The van der Waals surface area contributed by atoms with Crippen molar-refractivity contribution in [2.45, 2.75) is 12.8 Å². The summed E-state index contributed by atoms with van der Waals surface area (Å²) in [6.07, 6.45) is 1.68. The zero-order valence-electron chi connectivity index (χ0n) is 8.06. The molecule has 0 aromatic heterocycles. The lowest BCUT2D eigenvalue weighted by Gasteiger charge is -2.17. The lowest BCUT2D eigenvalue weighted by molar-refractivity contribution is 0.497.